The first kappa shape index (κ1) is 45.8. The molecule has 15 nitrogen and oxygen atoms in total. The number of H-pyrrole nitrogens is 1. The highest BCUT2D eigenvalue weighted by atomic mass is 16.6. The molecule has 5 rings (SSSR count). The van der Waals surface area contributed by atoms with Crippen molar-refractivity contribution < 1.29 is 38.5 Å². The molecular weight excluding hydrogens is 771 g/mol. The summed E-state index contributed by atoms with van der Waals surface area (Å²) in [5.41, 5.74) is 2.36. The predicted octanol–water partition coefficient (Wildman–Crippen LogP) is 4.33. The lowest BCUT2D eigenvalue weighted by Gasteiger charge is -2.31. The molecule has 2 saturated heterocycles. The van der Waals surface area contributed by atoms with E-state index in [2.05, 4.69) is 46.8 Å². The van der Waals surface area contributed by atoms with Crippen LogP contribution in [0.2, 0.25) is 0 Å². The molecule has 2 aromatic carbocycles. The van der Waals surface area contributed by atoms with E-state index in [1.54, 1.807) is 27.7 Å². The fourth-order valence-corrected chi connectivity index (χ4v) is 7.57. The highest BCUT2D eigenvalue weighted by Crippen LogP contribution is 2.28. The molecule has 15 heteroatoms. The lowest BCUT2D eigenvalue weighted by molar-refractivity contribution is -0.155. The first-order chi connectivity index (χ1) is 28.7. The van der Waals surface area contributed by atoms with Gasteiger partial charge in [0.1, 0.15) is 43.7 Å². The van der Waals surface area contributed by atoms with Gasteiger partial charge in [0.2, 0.25) is 11.8 Å². The van der Waals surface area contributed by atoms with Crippen LogP contribution in [0.15, 0.2) is 70.4 Å². The van der Waals surface area contributed by atoms with Gasteiger partial charge in [-0.3, -0.25) is 23.9 Å². The van der Waals surface area contributed by atoms with E-state index in [1.807, 2.05) is 30.3 Å². The van der Waals surface area contributed by atoms with Crippen molar-refractivity contribution in [3.63, 3.8) is 0 Å². The topological polar surface area (TPSA) is 198 Å². The van der Waals surface area contributed by atoms with E-state index in [9.17, 15) is 33.9 Å². The number of hydrogen-bond donors (Lipinski definition) is 4. The van der Waals surface area contributed by atoms with Crippen molar-refractivity contribution in [2.24, 2.45) is 11.8 Å². The van der Waals surface area contributed by atoms with E-state index < -0.39 is 77.6 Å². The second kappa shape index (κ2) is 21.8. The van der Waals surface area contributed by atoms with Gasteiger partial charge in [0, 0.05) is 24.7 Å². The maximum absolute atomic E-state index is 13.8. The number of ether oxygens (including phenoxy) is 3. The van der Waals surface area contributed by atoms with Gasteiger partial charge in [-0.2, -0.15) is 0 Å². The monoisotopic (exact) mass is 831 g/mol. The highest BCUT2D eigenvalue weighted by molar-refractivity contribution is 5.93. The summed E-state index contributed by atoms with van der Waals surface area (Å²) in [6.07, 6.45) is 4.14. The second-order valence-electron chi connectivity index (χ2n) is 16.5. The molecule has 326 valence electrons. The molecule has 0 spiro atoms. The van der Waals surface area contributed by atoms with E-state index >= 15 is 0 Å². The average Bonchev–Trinajstić information content (AvgIpc) is 3.87. The number of esters is 1. The summed E-state index contributed by atoms with van der Waals surface area (Å²) in [6.45, 7) is 9.20. The molecule has 0 saturated carbocycles. The smallest absolute Gasteiger partial charge is 0.408 e. The fraction of sp³-hybridized carbons (Fsp3) is 0.556. The molecule has 0 unspecified atom stereocenters. The Kier molecular flexibility index (Phi) is 16.7. The number of aromatic amines is 1. The molecule has 60 heavy (non-hydrogen) atoms. The molecule has 0 bridgehead atoms. The number of carbonyl (C=O) groups is 4. The van der Waals surface area contributed by atoms with E-state index in [0.717, 1.165) is 24.0 Å². The summed E-state index contributed by atoms with van der Waals surface area (Å²) in [7, 11) is 0. The molecule has 4 N–H and O–H groups in total. The van der Waals surface area contributed by atoms with Gasteiger partial charge in [0.15, 0.2) is 0 Å². The number of aliphatic hydroxyl groups excluding tert-OH is 1. The average molecular weight is 832 g/mol. The highest BCUT2D eigenvalue weighted by Gasteiger charge is 2.41. The van der Waals surface area contributed by atoms with Crippen molar-refractivity contribution in [1.82, 2.24) is 25.1 Å². The largest absolute Gasteiger partial charge is 0.461 e. The molecule has 0 radical (unpaired) electrons. The molecule has 2 aliphatic rings. The Hall–Kier alpha value is -5.28. The third kappa shape index (κ3) is 12.4. The summed E-state index contributed by atoms with van der Waals surface area (Å²) in [6, 6.07) is 14.6. The fourth-order valence-electron chi connectivity index (χ4n) is 7.57. The number of nitrogens with one attached hydrogen (secondary N) is 3. The third-order valence-electron chi connectivity index (χ3n) is 11.2. The Morgan fingerprint density at radius 2 is 1.55 bits per heavy atom. The number of unbranched alkanes of at least 4 members (excludes halogenated alkanes) is 2. The predicted molar refractivity (Wildman–Crippen MR) is 224 cm³/mol. The number of aliphatic hydroxyl groups is 1. The Morgan fingerprint density at radius 1 is 0.867 bits per heavy atom. The van der Waals surface area contributed by atoms with Crippen LogP contribution in [0, 0.1) is 11.8 Å². The van der Waals surface area contributed by atoms with Crippen LogP contribution in [-0.4, -0.2) is 86.9 Å². The number of benzene rings is 2. The molecule has 3 amide bonds. The first-order valence-corrected chi connectivity index (χ1v) is 21.3. The lowest BCUT2D eigenvalue weighted by atomic mass is 10.0. The van der Waals surface area contributed by atoms with Crippen LogP contribution in [0.1, 0.15) is 102 Å². The van der Waals surface area contributed by atoms with E-state index in [0.29, 0.717) is 37.8 Å². The minimum atomic E-state index is -1.09. The minimum absolute atomic E-state index is 0.0139. The number of carbonyl (C=O) groups excluding carboxylic acids is 4. The van der Waals surface area contributed by atoms with Gasteiger partial charge in [-0.1, -0.05) is 102 Å². The number of hydrogen-bond acceptors (Lipinski definition) is 10. The Morgan fingerprint density at radius 3 is 2.22 bits per heavy atom. The molecule has 3 aromatic rings. The van der Waals surface area contributed by atoms with Crippen LogP contribution in [0.3, 0.4) is 0 Å². The van der Waals surface area contributed by atoms with Gasteiger partial charge in [-0.05, 0) is 67.1 Å². The van der Waals surface area contributed by atoms with Crippen molar-refractivity contribution in [3.05, 3.63) is 104 Å². The Bertz CT molecular complexity index is 2010. The molecule has 0 aliphatic carbocycles. The summed E-state index contributed by atoms with van der Waals surface area (Å²) in [4.78, 5) is 83.0. The molecule has 1 aromatic heterocycles. The standard InChI is InChI=1S/C45H61N5O10/c1-6-7-9-13-30-17-19-31(20-18-30)21-22-33-25-50(44(56)48-40(33)52)37-24-35(51)36(60-37)27-58-43(55)39(29(4)5)46-41(53)34-16-12-23-49(34)42(54)38(28(2)3)47-45(57)59-26-32-14-10-8-11-15-32/h8,10-11,14-15,17-20,25,28-29,34-39,51H,6-7,9,12-13,16,21-24,26-27H2,1-5H3,(H,46,53)(H,47,57)(H,48,52,56)/t34-,35-,36+,37+,38-,39-/m0/s1. The van der Waals surface area contributed by atoms with Crippen LogP contribution < -0.4 is 21.9 Å². The normalized spacial score (nSPS) is 19.9. The van der Waals surface area contributed by atoms with Crippen molar-refractivity contribution in [3.8, 4) is 0 Å². The van der Waals surface area contributed by atoms with Gasteiger partial charge < -0.3 is 34.9 Å². The zero-order valence-electron chi connectivity index (χ0n) is 35.4. The number of alkyl carbamates (subject to hydrolysis) is 1. The number of likely N-dealkylation sites (tertiary alicyclic amines) is 1. The van der Waals surface area contributed by atoms with Gasteiger partial charge in [-0.25, -0.2) is 14.4 Å². The van der Waals surface area contributed by atoms with Crippen LogP contribution in [0.5, 0.6) is 0 Å². The lowest BCUT2D eigenvalue weighted by Crippen LogP contribution is -2.57. The van der Waals surface area contributed by atoms with Crippen molar-refractivity contribution >= 4 is 23.9 Å². The third-order valence-corrected chi connectivity index (χ3v) is 11.2. The van der Waals surface area contributed by atoms with Crippen LogP contribution in [-0.2, 0) is 54.5 Å². The number of aromatic nitrogens is 2. The molecule has 2 aliphatic heterocycles. The molecule has 2 fully saturated rings. The zero-order valence-corrected chi connectivity index (χ0v) is 35.4. The zero-order chi connectivity index (χ0) is 43.3. The first-order valence-electron chi connectivity index (χ1n) is 21.3. The van der Waals surface area contributed by atoms with Crippen LogP contribution in [0.4, 0.5) is 4.79 Å². The number of amides is 3. The molecule has 3 heterocycles. The quantitative estimate of drug-likeness (QED) is 0.0997. The summed E-state index contributed by atoms with van der Waals surface area (Å²) in [5, 5.41) is 16.3. The minimum Gasteiger partial charge on any atom is -0.461 e. The summed E-state index contributed by atoms with van der Waals surface area (Å²) >= 11 is 0. The number of nitrogens with zero attached hydrogens (tertiary/aromatic N) is 2. The van der Waals surface area contributed by atoms with E-state index in [4.69, 9.17) is 14.2 Å². The van der Waals surface area contributed by atoms with E-state index in [1.165, 1.54) is 34.1 Å². The molecule has 6 atom stereocenters. The second-order valence-corrected chi connectivity index (χ2v) is 16.5. The van der Waals surface area contributed by atoms with Gasteiger partial charge in [-0.15, -0.1) is 0 Å². The molecular formula is C45H61N5O10. The van der Waals surface area contributed by atoms with Crippen LogP contribution >= 0.6 is 0 Å². The summed E-state index contributed by atoms with van der Waals surface area (Å²) in [5.74, 6) is -2.43. The number of aryl methyl sites for hydroxylation is 3. The van der Waals surface area contributed by atoms with Crippen molar-refractivity contribution in [2.75, 3.05) is 13.2 Å². The van der Waals surface area contributed by atoms with Crippen LogP contribution in [0.25, 0.3) is 0 Å². The SMILES string of the molecule is CCCCCc1ccc(CCc2cn([C@H]3C[C@H](O)[C@@H](COC(=O)[C@@H](NC(=O)[C@@H]4CCCN4C(=O)[C@@H](NC(=O)OCc4ccccc4)C(C)C)C(C)C)O3)c(=O)[nH]c2=O)cc1. The van der Waals surface area contributed by atoms with Gasteiger partial charge >= 0.3 is 17.8 Å². The van der Waals surface area contributed by atoms with Crippen molar-refractivity contribution in [2.45, 2.75) is 136 Å². The van der Waals surface area contributed by atoms with Gasteiger partial charge in [0.25, 0.3) is 5.56 Å². The van der Waals surface area contributed by atoms with Crippen molar-refractivity contribution in [1.29, 1.82) is 0 Å². The maximum Gasteiger partial charge on any atom is 0.408 e. The summed E-state index contributed by atoms with van der Waals surface area (Å²) < 4.78 is 18.2. The van der Waals surface area contributed by atoms with Gasteiger partial charge in [0.05, 0.1) is 6.10 Å². The Labute approximate surface area is 351 Å². The maximum atomic E-state index is 13.8. The number of rotatable bonds is 19. The Balaban J connectivity index is 1.14. The van der Waals surface area contributed by atoms with E-state index in [-0.39, 0.29) is 25.6 Å².